The van der Waals surface area contributed by atoms with E-state index in [1.807, 2.05) is 0 Å². The molecule has 0 bridgehead atoms. The second-order valence-corrected chi connectivity index (χ2v) is 7.57. The lowest BCUT2D eigenvalue weighted by atomic mass is 9.86. The van der Waals surface area contributed by atoms with Gasteiger partial charge in [0, 0.05) is 32.2 Å². The van der Waals surface area contributed by atoms with Crippen LogP contribution in [-0.2, 0) is 12.8 Å². The van der Waals surface area contributed by atoms with Crippen molar-refractivity contribution in [2.45, 2.75) is 38.1 Å². The molecule has 1 fully saturated rings. The molecule has 1 aliphatic carbocycles. The van der Waals surface area contributed by atoms with Gasteiger partial charge in [-0.1, -0.05) is 54.6 Å². The van der Waals surface area contributed by atoms with Crippen molar-refractivity contribution in [1.82, 2.24) is 9.80 Å². The average Bonchev–Trinajstić information content (AvgIpc) is 2.69. The fourth-order valence-corrected chi connectivity index (χ4v) is 4.56. The molecule has 1 aliphatic heterocycles. The summed E-state index contributed by atoms with van der Waals surface area (Å²) < 4.78 is 0. The molecule has 0 spiro atoms. The molecule has 0 amide bonds. The summed E-state index contributed by atoms with van der Waals surface area (Å²) in [5.41, 5.74) is 4.66. The summed E-state index contributed by atoms with van der Waals surface area (Å²) in [4.78, 5) is 5.40. The van der Waals surface area contributed by atoms with Crippen LogP contribution < -0.4 is 0 Å². The summed E-state index contributed by atoms with van der Waals surface area (Å²) >= 11 is 0. The first-order chi connectivity index (χ1) is 12.4. The summed E-state index contributed by atoms with van der Waals surface area (Å²) in [6.07, 6.45) is 6.43. The Kier molecular flexibility index (Phi) is 5.49. The van der Waals surface area contributed by atoms with Gasteiger partial charge in [-0.2, -0.15) is 0 Å². The van der Waals surface area contributed by atoms with Gasteiger partial charge in [-0.25, -0.2) is 0 Å². The zero-order valence-electron chi connectivity index (χ0n) is 15.2. The smallest absolute Gasteiger partial charge is 0.0352 e. The molecule has 0 radical (unpaired) electrons. The van der Waals surface area contributed by atoms with Gasteiger partial charge in [0.1, 0.15) is 0 Å². The molecule has 1 unspecified atom stereocenters. The van der Waals surface area contributed by atoms with Crippen molar-refractivity contribution >= 4 is 0 Å². The predicted molar refractivity (Wildman–Crippen MR) is 105 cm³/mol. The molecule has 1 saturated heterocycles. The first kappa shape index (κ1) is 16.8. The second kappa shape index (κ2) is 8.16. The predicted octanol–water partition coefficient (Wildman–Crippen LogP) is 4.31. The van der Waals surface area contributed by atoms with E-state index in [1.165, 1.54) is 70.4 Å². The van der Waals surface area contributed by atoms with Crippen molar-refractivity contribution in [3.05, 3.63) is 71.3 Å². The molecule has 2 nitrogen and oxygen atoms in total. The molecule has 1 atom stereocenters. The molecule has 0 aromatic heterocycles. The van der Waals surface area contributed by atoms with Crippen LogP contribution in [0.3, 0.4) is 0 Å². The van der Waals surface area contributed by atoms with Gasteiger partial charge in [-0.3, -0.25) is 4.90 Å². The monoisotopic (exact) mass is 334 g/mol. The molecular weight excluding hydrogens is 304 g/mol. The van der Waals surface area contributed by atoms with Crippen molar-refractivity contribution in [2.24, 2.45) is 0 Å². The van der Waals surface area contributed by atoms with Crippen molar-refractivity contribution in [3.63, 3.8) is 0 Å². The van der Waals surface area contributed by atoms with Gasteiger partial charge in [0.2, 0.25) is 0 Å². The molecule has 2 aromatic carbocycles. The molecular formula is C23H30N2. The van der Waals surface area contributed by atoms with Gasteiger partial charge in [0.15, 0.2) is 0 Å². The number of benzene rings is 2. The van der Waals surface area contributed by atoms with Crippen LogP contribution in [0.2, 0.25) is 0 Å². The number of aryl methyl sites for hydroxylation is 2. The topological polar surface area (TPSA) is 6.48 Å². The highest BCUT2D eigenvalue weighted by atomic mass is 15.3. The Balaban J connectivity index is 1.26. The zero-order valence-corrected chi connectivity index (χ0v) is 15.2. The number of piperazine rings is 1. The van der Waals surface area contributed by atoms with Gasteiger partial charge in [-0.15, -0.1) is 0 Å². The van der Waals surface area contributed by atoms with Crippen LogP contribution in [0.25, 0.3) is 0 Å². The summed E-state index contributed by atoms with van der Waals surface area (Å²) in [5.74, 6) is 0. The van der Waals surface area contributed by atoms with Gasteiger partial charge < -0.3 is 4.90 Å². The normalized spacial score (nSPS) is 21.8. The van der Waals surface area contributed by atoms with Gasteiger partial charge in [0.25, 0.3) is 0 Å². The standard InChI is InChI=1S/C23H30N2/c1-2-8-20(9-3-1)10-7-15-24-16-18-25(19-17-24)23-14-6-12-21-11-4-5-13-22(21)23/h1-5,8-9,11,13,23H,6-7,10,12,14-19H2. The van der Waals surface area contributed by atoms with Crippen LogP contribution in [0.15, 0.2) is 54.6 Å². The summed E-state index contributed by atoms with van der Waals surface area (Å²) in [7, 11) is 0. The Hall–Kier alpha value is -1.64. The number of fused-ring (bicyclic) bond motifs is 1. The Bertz CT molecular complexity index is 659. The van der Waals surface area contributed by atoms with Crippen molar-refractivity contribution in [2.75, 3.05) is 32.7 Å². The molecule has 2 heteroatoms. The number of hydrogen-bond acceptors (Lipinski definition) is 2. The quantitative estimate of drug-likeness (QED) is 0.804. The largest absolute Gasteiger partial charge is 0.301 e. The third-order valence-electron chi connectivity index (χ3n) is 5.97. The highest BCUT2D eigenvalue weighted by Crippen LogP contribution is 2.34. The molecule has 0 saturated carbocycles. The van der Waals surface area contributed by atoms with E-state index in [2.05, 4.69) is 64.4 Å². The van der Waals surface area contributed by atoms with Crippen LogP contribution >= 0.6 is 0 Å². The maximum Gasteiger partial charge on any atom is 0.0352 e. The Morgan fingerprint density at radius 3 is 2.44 bits per heavy atom. The molecule has 25 heavy (non-hydrogen) atoms. The second-order valence-electron chi connectivity index (χ2n) is 7.57. The minimum atomic E-state index is 0.663. The number of hydrogen-bond donors (Lipinski definition) is 0. The van der Waals surface area contributed by atoms with Gasteiger partial charge in [0.05, 0.1) is 0 Å². The lowest BCUT2D eigenvalue weighted by Gasteiger charge is -2.41. The molecule has 4 rings (SSSR count). The SMILES string of the molecule is c1ccc(CCCN2CCN(C3CCCc4ccccc43)CC2)cc1. The summed E-state index contributed by atoms with van der Waals surface area (Å²) in [6.45, 7) is 6.15. The average molecular weight is 335 g/mol. The van der Waals surface area contributed by atoms with Crippen LogP contribution in [0.5, 0.6) is 0 Å². The highest BCUT2D eigenvalue weighted by Gasteiger charge is 2.28. The van der Waals surface area contributed by atoms with Gasteiger partial charge in [-0.05, 0) is 55.3 Å². The molecule has 0 N–H and O–H groups in total. The number of rotatable bonds is 5. The lowest BCUT2D eigenvalue weighted by molar-refractivity contribution is 0.0875. The molecule has 2 aliphatic rings. The lowest BCUT2D eigenvalue weighted by Crippen LogP contribution is -2.48. The first-order valence-electron chi connectivity index (χ1n) is 9.98. The van der Waals surface area contributed by atoms with E-state index in [9.17, 15) is 0 Å². The Morgan fingerprint density at radius 2 is 1.60 bits per heavy atom. The van der Waals surface area contributed by atoms with Crippen LogP contribution in [0, 0.1) is 0 Å². The third kappa shape index (κ3) is 4.13. The highest BCUT2D eigenvalue weighted by molar-refractivity contribution is 5.32. The zero-order chi connectivity index (χ0) is 16.9. The first-order valence-corrected chi connectivity index (χ1v) is 9.98. The van der Waals surface area contributed by atoms with E-state index in [4.69, 9.17) is 0 Å². The summed E-state index contributed by atoms with van der Waals surface area (Å²) in [6, 6.07) is 20.7. The Morgan fingerprint density at radius 1 is 0.840 bits per heavy atom. The van der Waals surface area contributed by atoms with E-state index in [0.29, 0.717) is 6.04 Å². The van der Waals surface area contributed by atoms with Gasteiger partial charge >= 0.3 is 0 Å². The minimum Gasteiger partial charge on any atom is -0.301 e. The molecule has 132 valence electrons. The van der Waals surface area contributed by atoms with Crippen molar-refractivity contribution in [3.8, 4) is 0 Å². The maximum absolute atomic E-state index is 2.74. The maximum atomic E-state index is 2.74. The van der Waals surface area contributed by atoms with Crippen molar-refractivity contribution < 1.29 is 0 Å². The van der Waals surface area contributed by atoms with E-state index in [1.54, 1.807) is 11.1 Å². The molecule has 2 aromatic rings. The fraction of sp³-hybridized carbons (Fsp3) is 0.478. The van der Waals surface area contributed by atoms with E-state index < -0.39 is 0 Å². The molecule has 1 heterocycles. The van der Waals surface area contributed by atoms with Crippen LogP contribution in [0.1, 0.15) is 42.0 Å². The van der Waals surface area contributed by atoms with Crippen LogP contribution in [0.4, 0.5) is 0 Å². The Labute approximate surface area is 152 Å². The van der Waals surface area contributed by atoms with Crippen LogP contribution in [-0.4, -0.2) is 42.5 Å². The number of nitrogens with zero attached hydrogens (tertiary/aromatic N) is 2. The fourth-order valence-electron chi connectivity index (χ4n) is 4.56. The van der Waals surface area contributed by atoms with E-state index in [-0.39, 0.29) is 0 Å². The minimum absolute atomic E-state index is 0.663. The van der Waals surface area contributed by atoms with E-state index in [0.717, 1.165) is 0 Å². The van der Waals surface area contributed by atoms with Crippen molar-refractivity contribution in [1.29, 1.82) is 0 Å². The third-order valence-corrected chi connectivity index (χ3v) is 5.97. The summed E-state index contributed by atoms with van der Waals surface area (Å²) in [5, 5.41) is 0. The van der Waals surface area contributed by atoms with E-state index >= 15 is 0 Å².